The minimum atomic E-state index is -6.00. The monoisotopic (exact) mass is 245 g/mol. The molecule has 8 heteroatoms. The van der Waals surface area contributed by atoms with Crippen molar-refractivity contribution in [3.05, 3.63) is 42.7 Å². The second-order valence-electron chi connectivity index (χ2n) is 2.93. The number of aromatic nitrogens is 3. The van der Waals surface area contributed by atoms with Crippen molar-refractivity contribution in [1.29, 1.82) is 0 Å². The third-order valence-electron chi connectivity index (χ3n) is 1.64. The summed E-state index contributed by atoms with van der Waals surface area (Å²) in [4.78, 5) is 0. The lowest BCUT2D eigenvalue weighted by Gasteiger charge is -1.94. The van der Waals surface area contributed by atoms with Crippen LogP contribution < -0.4 is 5.10 Å². The zero-order chi connectivity index (χ0) is 12.7. The lowest BCUT2D eigenvalue weighted by Crippen LogP contribution is -2.08. The molecule has 1 aromatic heterocycles. The normalized spacial score (nSPS) is 10.4. The number of halogens is 4. The van der Waals surface area contributed by atoms with Crippen LogP contribution in [0, 0.1) is 0 Å². The Labute approximate surface area is 94.6 Å². The number of nitrogens with one attached hydrogen (secondary N) is 1. The number of hydrogen-bond acceptors (Lipinski definition) is 2. The van der Waals surface area contributed by atoms with Gasteiger partial charge in [-0.1, -0.05) is 30.3 Å². The summed E-state index contributed by atoms with van der Waals surface area (Å²) in [6.07, 6.45) is 3.55. The maximum atomic E-state index is 9.75. The Morgan fingerprint density at radius 3 is 2.00 bits per heavy atom. The van der Waals surface area contributed by atoms with Crippen LogP contribution in [0.4, 0.5) is 17.3 Å². The van der Waals surface area contributed by atoms with Crippen molar-refractivity contribution in [2.45, 2.75) is 0 Å². The Kier molecular flexibility index (Phi) is 4.56. The molecule has 0 bridgehead atoms. The molecule has 2 rings (SSSR count). The molecule has 1 N–H and O–H groups in total. The molecule has 0 spiro atoms. The molecule has 3 nitrogen and oxygen atoms in total. The van der Waals surface area contributed by atoms with E-state index in [2.05, 4.69) is 15.4 Å². The van der Waals surface area contributed by atoms with Gasteiger partial charge in [-0.15, -0.1) is 0 Å². The third-order valence-corrected chi connectivity index (χ3v) is 1.64. The summed E-state index contributed by atoms with van der Waals surface area (Å²) in [6.45, 7) is 0. The molecule has 0 amide bonds. The van der Waals surface area contributed by atoms with Crippen molar-refractivity contribution in [2.75, 3.05) is 0 Å². The highest BCUT2D eigenvalue weighted by Crippen LogP contribution is 2.14. The van der Waals surface area contributed by atoms with E-state index in [0.29, 0.717) is 0 Å². The Morgan fingerprint density at radius 1 is 0.941 bits per heavy atom. The average Bonchev–Trinajstić information content (AvgIpc) is 2.29. The smallest absolute Gasteiger partial charge is 0.418 e. The van der Waals surface area contributed by atoms with Crippen molar-refractivity contribution in [2.24, 2.45) is 0 Å². The van der Waals surface area contributed by atoms with Crippen LogP contribution >= 0.6 is 0 Å². The molecule has 0 unspecified atom stereocenters. The first kappa shape index (κ1) is 13.1. The summed E-state index contributed by atoms with van der Waals surface area (Å²) in [5.74, 6) is 0. The van der Waals surface area contributed by atoms with Crippen LogP contribution in [-0.4, -0.2) is 17.6 Å². The standard InChI is InChI=1S/C9H7N3.BF4/c1-2-4-8(5-3-1)9-6-10-12-11-7-9;2-1(3,4)5/h1-7H;/q;-1/p+1. The van der Waals surface area contributed by atoms with Gasteiger partial charge in [0.25, 0.3) is 0 Å². The Hall–Kier alpha value is -1.99. The van der Waals surface area contributed by atoms with Crippen molar-refractivity contribution in [3.8, 4) is 11.1 Å². The second kappa shape index (κ2) is 5.93. The molecule has 0 radical (unpaired) electrons. The number of nitrogens with zero attached hydrogens (tertiary/aromatic N) is 2. The zero-order valence-electron chi connectivity index (χ0n) is 8.53. The lowest BCUT2D eigenvalue weighted by molar-refractivity contribution is -0.463. The number of aromatic amines is 1. The summed E-state index contributed by atoms with van der Waals surface area (Å²) in [6, 6.07) is 10.0. The Bertz CT molecular complexity index is 391. The number of benzene rings is 1. The van der Waals surface area contributed by atoms with Gasteiger partial charge in [-0.3, -0.25) is 0 Å². The molecule has 0 aliphatic rings. The predicted octanol–water partition coefficient (Wildman–Crippen LogP) is 2.26. The third kappa shape index (κ3) is 6.23. The van der Waals surface area contributed by atoms with E-state index in [9.17, 15) is 17.3 Å². The van der Waals surface area contributed by atoms with Crippen LogP contribution in [-0.2, 0) is 0 Å². The Balaban J connectivity index is 0.000000249. The maximum absolute atomic E-state index is 9.75. The van der Waals surface area contributed by atoms with E-state index in [1.54, 1.807) is 6.20 Å². The fourth-order valence-corrected chi connectivity index (χ4v) is 1.05. The summed E-state index contributed by atoms with van der Waals surface area (Å²) in [7, 11) is -6.00. The maximum Gasteiger partial charge on any atom is 0.673 e. The SMILES string of the molecule is F[B-](F)(F)F.c1ccc(-c2cnn[nH+]c2)cc1. The van der Waals surface area contributed by atoms with E-state index in [4.69, 9.17) is 0 Å². The van der Waals surface area contributed by atoms with Gasteiger partial charge in [0, 0.05) is 0 Å². The van der Waals surface area contributed by atoms with E-state index < -0.39 is 7.25 Å². The molecule has 2 aromatic rings. The van der Waals surface area contributed by atoms with Crippen molar-refractivity contribution < 1.29 is 22.4 Å². The average molecular weight is 245 g/mol. The van der Waals surface area contributed by atoms with Crippen LogP contribution in [0.25, 0.3) is 11.1 Å². The summed E-state index contributed by atoms with van der Waals surface area (Å²) in [5.41, 5.74) is 2.19. The van der Waals surface area contributed by atoms with Gasteiger partial charge < -0.3 is 17.3 Å². The van der Waals surface area contributed by atoms with Crippen LogP contribution in [0.5, 0.6) is 0 Å². The van der Waals surface area contributed by atoms with Crippen LogP contribution in [0.3, 0.4) is 0 Å². The quantitative estimate of drug-likeness (QED) is 0.571. The van der Waals surface area contributed by atoms with Gasteiger partial charge in [0.05, 0.1) is 10.7 Å². The highest BCUT2D eigenvalue weighted by Gasteiger charge is 2.20. The van der Waals surface area contributed by atoms with Gasteiger partial charge in [-0.05, 0) is 5.56 Å². The first-order chi connectivity index (χ1) is 7.97. The molecule has 0 saturated carbocycles. The van der Waals surface area contributed by atoms with E-state index in [1.165, 1.54) is 0 Å². The molecule has 0 aliphatic carbocycles. The molecule has 0 saturated heterocycles. The highest BCUT2D eigenvalue weighted by atomic mass is 19.5. The van der Waals surface area contributed by atoms with E-state index >= 15 is 0 Å². The molecule has 1 aromatic carbocycles. The van der Waals surface area contributed by atoms with E-state index in [1.807, 2.05) is 36.5 Å². The van der Waals surface area contributed by atoms with E-state index in [-0.39, 0.29) is 0 Å². The van der Waals surface area contributed by atoms with E-state index in [0.717, 1.165) is 11.1 Å². The Morgan fingerprint density at radius 2 is 1.53 bits per heavy atom. The number of hydrogen-bond donors (Lipinski definition) is 0. The van der Waals surface area contributed by atoms with Crippen LogP contribution in [0.1, 0.15) is 0 Å². The first-order valence-corrected chi connectivity index (χ1v) is 4.58. The minimum Gasteiger partial charge on any atom is -0.418 e. The molecule has 0 atom stereocenters. The lowest BCUT2D eigenvalue weighted by atomic mass is 10.1. The molecule has 17 heavy (non-hydrogen) atoms. The minimum absolute atomic E-state index is 1.05. The summed E-state index contributed by atoms with van der Waals surface area (Å²) in [5, 5.41) is 10.0. The second-order valence-corrected chi connectivity index (χ2v) is 2.93. The predicted molar refractivity (Wildman–Crippen MR) is 54.2 cm³/mol. The van der Waals surface area contributed by atoms with Crippen LogP contribution in [0.15, 0.2) is 42.7 Å². The van der Waals surface area contributed by atoms with Gasteiger partial charge in [-0.2, -0.15) is 5.10 Å². The molecule has 90 valence electrons. The molecule has 1 heterocycles. The van der Waals surface area contributed by atoms with Crippen molar-refractivity contribution in [3.63, 3.8) is 0 Å². The first-order valence-electron chi connectivity index (χ1n) is 4.58. The van der Waals surface area contributed by atoms with Gasteiger partial charge in [-0.25, -0.2) is 0 Å². The highest BCUT2D eigenvalue weighted by molar-refractivity contribution is 6.50. The van der Waals surface area contributed by atoms with Crippen LogP contribution in [0.2, 0.25) is 0 Å². The number of H-pyrrole nitrogens is 1. The molecule has 0 fully saturated rings. The van der Waals surface area contributed by atoms with Crippen molar-refractivity contribution >= 4 is 7.25 Å². The summed E-state index contributed by atoms with van der Waals surface area (Å²) >= 11 is 0. The topological polar surface area (TPSA) is 39.9 Å². The largest absolute Gasteiger partial charge is 0.673 e. The zero-order valence-corrected chi connectivity index (χ0v) is 8.53. The molecule has 0 aliphatic heterocycles. The van der Waals surface area contributed by atoms with Gasteiger partial charge in [0.2, 0.25) is 0 Å². The molecular weight excluding hydrogens is 237 g/mol. The fraction of sp³-hybridized carbons (Fsp3) is 0. The number of rotatable bonds is 1. The summed E-state index contributed by atoms with van der Waals surface area (Å²) < 4.78 is 39.0. The van der Waals surface area contributed by atoms with Gasteiger partial charge in [0.1, 0.15) is 11.4 Å². The van der Waals surface area contributed by atoms with Gasteiger partial charge in [0.15, 0.2) is 6.20 Å². The molecular formula is C9H8BF4N3. The fourth-order valence-electron chi connectivity index (χ4n) is 1.05. The van der Waals surface area contributed by atoms with Gasteiger partial charge >= 0.3 is 7.25 Å². The van der Waals surface area contributed by atoms with Crippen molar-refractivity contribution in [1.82, 2.24) is 10.3 Å².